The van der Waals surface area contributed by atoms with Crippen molar-refractivity contribution in [3.63, 3.8) is 0 Å². The Morgan fingerprint density at radius 2 is 1.51 bits per heavy atom. The minimum absolute atomic E-state index is 0.104. The lowest BCUT2D eigenvalue weighted by atomic mass is 10.0. The first-order valence-corrected chi connectivity index (χ1v) is 11.2. The Morgan fingerprint density at radius 1 is 0.886 bits per heavy atom. The van der Waals surface area contributed by atoms with Crippen LogP contribution in [-0.2, 0) is 19.1 Å². The first-order valence-electron chi connectivity index (χ1n) is 11.2. The molecule has 8 nitrogen and oxygen atoms in total. The number of carbonyl (C=O) groups excluding carboxylic acids is 2. The largest absolute Gasteiger partial charge is 0.487 e. The van der Waals surface area contributed by atoms with Crippen LogP contribution in [0.15, 0.2) is 66.8 Å². The van der Waals surface area contributed by atoms with Crippen LogP contribution in [-0.4, -0.2) is 49.8 Å². The van der Waals surface area contributed by atoms with E-state index >= 15 is 0 Å². The number of ether oxygens (including phenoxy) is 5. The molecule has 188 valence electrons. The van der Waals surface area contributed by atoms with Gasteiger partial charge in [-0.05, 0) is 54.8 Å². The standard InChI is InChI=1S/C27H32O8/c1-6-25(28)33-15-13-32-24-17-21(9-12-23(24)31-14-16-34-26(29)18(2)3)20-7-10-22(11-8-20)35-27(30)19(4)5/h7-12,17,26,29H,2,4,6,13-16H2,1,3,5H3. The normalized spacial score (nSPS) is 11.3. The molecule has 35 heavy (non-hydrogen) atoms. The summed E-state index contributed by atoms with van der Waals surface area (Å²) < 4.78 is 27.1. The van der Waals surface area contributed by atoms with Crippen LogP contribution in [0.1, 0.15) is 27.2 Å². The Balaban J connectivity index is 2.12. The first kappa shape index (κ1) is 27.6. The van der Waals surface area contributed by atoms with Gasteiger partial charge >= 0.3 is 11.9 Å². The molecule has 8 heteroatoms. The Kier molecular flexibility index (Phi) is 11.0. The van der Waals surface area contributed by atoms with Crippen molar-refractivity contribution in [3.8, 4) is 28.4 Å². The number of hydrogen-bond donors (Lipinski definition) is 1. The smallest absolute Gasteiger partial charge is 0.338 e. The van der Waals surface area contributed by atoms with Crippen LogP contribution in [0.25, 0.3) is 11.1 Å². The molecule has 0 amide bonds. The van der Waals surface area contributed by atoms with Crippen molar-refractivity contribution in [2.24, 2.45) is 0 Å². The number of aliphatic hydroxyl groups excluding tert-OH is 1. The predicted molar refractivity (Wildman–Crippen MR) is 131 cm³/mol. The van der Waals surface area contributed by atoms with Crippen molar-refractivity contribution in [2.45, 2.75) is 33.5 Å². The average Bonchev–Trinajstić information content (AvgIpc) is 2.84. The van der Waals surface area contributed by atoms with Crippen molar-refractivity contribution in [2.75, 3.05) is 26.4 Å². The van der Waals surface area contributed by atoms with Gasteiger partial charge in [-0.25, -0.2) is 4.79 Å². The highest BCUT2D eigenvalue weighted by atomic mass is 16.6. The molecule has 0 aliphatic rings. The summed E-state index contributed by atoms with van der Waals surface area (Å²) in [5.41, 5.74) is 2.52. The van der Waals surface area contributed by atoms with Crippen LogP contribution < -0.4 is 14.2 Å². The molecule has 0 saturated carbocycles. The number of rotatable bonds is 14. The third-order valence-corrected chi connectivity index (χ3v) is 4.62. The maximum Gasteiger partial charge on any atom is 0.338 e. The molecule has 0 aliphatic carbocycles. The Bertz CT molecular complexity index is 1030. The van der Waals surface area contributed by atoms with Crippen LogP contribution in [0.4, 0.5) is 0 Å². The lowest BCUT2D eigenvalue weighted by Gasteiger charge is -2.16. The van der Waals surface area contributed by atoms with E-state index in [1.165, 1.54) is 0 Å². The molecule has 0 saturated heterocycles. The van der Waals surface area contributed by atoms with E-state index in [0.29, 0.717) is 28.4 Å². The molecule has 0 radical (unpaired) electrons. The topological polar surface area (TPSA) is 101 Å². The molecular weight excluding hydrogens is 452 g/mol. The minimum Gasteiger partial charge on any atom is -0.487 e. The second-order valence-electron chi connectivity index (χ2n) is 7.70. The molecule has 0 aromatic heterocycles. The highest BCUT2D eigenvalue weighted by Gasteiger charge is 2.11. The van der Waals surface area contributed by atoms with Crippen molar-refractivity contribution < 1.29 is 38.4 Å². The maximum atomic E-state index is 11.7. The molecule has 0 heterocycles. The summed E-state index contributed by atoms with van der Waals surface area (Å²) in [6.07, 6.45) is -0.764. The summed E-state index contributed by atoms with van der Waals surface area (Å²) in [6, 6.07) is 12.4. The van der Waals surface area contributed by atoms with E-state index in [-0.39, 0.29) is 38.8 Å². The van der Waals surface area contributed by atoms with Crippen LogP contribution in [0, 0.1) is 0 Å². The molecule has 2 aromatic rings. The molecule has 2 aromatic carbocycles. The number of hydrogen-bond acceptors (Lipinski definition) is 8. The summed E-state index contributed by atoms with van der Waals surface area (Å²) in [7, 11) is 0. The van der Waals surface area contributed by atoms with Crippen LogP contribution in [0.3, 0.4) is 0 Å². The summed E-state index contributed by atoms with van der Waals surface area (Å²) in [5, 5.41) is 9.67. The Morgan fingerprint density at radius 3 is 2.14 bits per heavy atom. The number of esters is 2. The molecule has 0 fully saturated rings. The third-order valence-electron chi connectivity index (χ3n) is 4.62. The number of benzene rings is 2. The zero-order chi connectivity index (χ0) is 25.8. The van der Waals surface area contributed by atoms with Crippen molar-refractivity contribution >= 4 is 11.9 Å². The van der Waals surface area contributed by atoms with Gasteiger partial charge in [-0.2, -0.15) is 0 Å². The number of carbonyl (C=O) groups is 2. The molecule has 0 aliphatic heterocycles. The highest BCUT2D eigenvalue weighted by molar-refractivity contribution is 5.88. The molecular formula is C27H32O8. The van der Waals surface area contributed by atoms with Crippen molar-refractivity contribution in [1.29, 1.82) is 0 Å². The second kappa shape index (κ2) is 13.9. The van der Waals surface area contributed by atoms with E-state index in [2.05, 4.69) is 13.2 Å². The van der Waals surface area contributed by atoms with Crippen LogP contribution in [0.5, 0.6) is 17.2 Å². The predicted octanol–water partition coefficient (Wildman–Crippen LogP) is 4.46. The summed E-state index contributed by atoms with van der Waals surface area (Å²) in [5.74, 6) is 0.537. The van der Waals surface area contributed by atoms with E-state index in [1.54, 1.807) is 45.0 Å². The monoisotopic (exact) mass is 484 g/mol. The van der Waals surface area contributed by atoms with Gasteiger partial charge in [0.25, 0.3) is 0 Å². The molecule has 0 spiro atoms. The van der Waals surface area contributed by atoms with E-state index in [1.807, 2.05) is 18.2 Å². The van der Waals surface area contributed by atoms with E-state index in [4.69, 9.17) is 23.7 Å². The number of aliphatic hydroxyl groups is 1. The first-order chi connectivity index (χ1) is 16.7. The second-order valence-corrected chi connectivity index (χ2v) is 7.70. The maximum absolute atomic E-state index is 11.7. The van der Waals surface area contributed by atoms with E-state index < -0.39 is 12.3 Å². The molecule has 2 rings (SSSR count). The van der Waals surface area contributed by atoms with Gasteiger partial charge < -0.3 is 28.8 Å². The molecule has 1 atom stereocenters. The minimum atomic E-state index is -1.05. The molecule has 0 bridgehead atoms. The van der Waals surface area contributed by atoms with Gasteiger partial charge in [0.1, 0.15) is 25.6 Å². The fraction of sp³-hybridized carbons (Fsp3) is 0.333. The molecule has 1 N–H and O–H groups in total. The van der Waals surface area contributed by atoms with Gasteiger partial charge in [0.15, 0.2) is 17.8 Å². The van der Waals surface area contributed by atoms with Crippen LogP contribution in [0.2, 0.25) is 0 Å². The third kappa shape index (κ3) is 9.27. The summed E-state index contributed by atoms with van der Waals surface area (Å²) in [4.78, 5) is 23.1. The van der Waals surface area contributed by atoms with Gasteiger partial charge in [-0.15, -0.1) is 0 Å². The summed E-state index contributed by atoms with van der Waals surface area (Å²) in [6.45, 7) is 12.7. The fourth-order valence-electron chi connectivity index (χ4n) is 2.69. The van der Waals surface area contributed by atoms with Gasteiger partial charge in [0, 0.05) is 12.0 Å². The van der Waals surface area contributed by atoms with Gasteiger partial charge in [-0.1, -0.05) is 38.3 Å². The lowest BCUT2D eigenvalue weighted by molar-refractivity contribution is -0.144. The lowest BCUT2D eigenvalue weighted by Crippen LogP contribution is -2.17. The van der Waals surface area contributed by atoms with Gasteiger partial charge in [-0.3, -0.25) is 4.79 Å². The summed E-state index contributed by atoms with van der Waals surface area (Å²) >= 11 is 0. The van der Waals surface area contributed by atoms with Gasteiger partial charge in [0.2, 0.25) is 0 Å². The highest BCUT2D eigenvalue weighted by Crippen LogP contribution is 2.33. The van der Waals surface area contributed by atoms with Crippen molar-refractivity contribution in [3.05, 3.63) is 66.8 Å². The Hall–Kier alpha value is -3.62. The zero-order valence-electron chi connectivity index (χ0n) is 20.4. The molecule has 1 unspecified atom stereocenters. The van der Waals surface area contributed by atoms with Crippen molar-refractivity contribution in [1.82, 2.24) is 0 Å². The van der Waals surface area contributed by atoms with Crippen LogP contribution >= 0.6 is 0 Å². The van der Waals surface area contributed by atoms with E-state index in [0.717, 1.165) is 11.1 Å². The Labute approximate surface area is 205 Å². The SMILES string of the molecule is C=C(C)C(=O)Oc1ccc(-c2ccc(OCCOC(O)C(=C)C)c(OCCOC(=O)CC)c2)cc1. The average molecular weight is 485 g/mol. The zero-order valence-corrected chi connectivity index (χ0v) is 20.4. The fourth-order valence-corrected chi connectivity index (χ4v) is 2.69. The van der Waals surface area contributed by atoms with E-state index in [9.17, 15) is 14.7 Å². The quantitative estimate of drug-likeness (QED) is 0.105. The van der Waals surface area contributed by atoms with Gasteiger partial charge in [0.05, 0.1) is 6.61 Å².